The summed E-state index contributed by atoms with van der Waals surface area (Å²) < 4.78 is 19.3. The van der Waals surface area contributed by atoms with Crippen molar-refractivity contribution >= 4 is 15.9 Å². The molecule has 0 bridgehead atoms. The Bertz CT molecular complexity index is 490. The third-order valence-electron chi connectivity index (χ3n) is 2.35. The van der Waals surface area contributed by atoms with E-state index in [4.69, 9.17) is 4.42 Å². The molecule has 0 spiro atoms. The number of nitrogens with one attached hydrogen (secondary N) is 1. The fraction of sp³-hybridized carbons (Fsp3) is 0.231. The number of rotatable bonds is 4. The van der Waals surface area contributed by atoms with Gasteiger partial charge in [0, 0.05) is 11.0 Å². The van der Waals surface area contributed by atoms with Crippen molar-refractivity contribution in [2.75, 3.05) is 0 Å². The Hall–Kier alpha value is -1.13. The first kappa shape index (κ1) is 12.3. The number of aryl methyl sites for hydroxylation is 1. The number of hydrogen-bond acceptors (Lipinski definition) is 2. The molecule has 0 saturated carbocycles. The molecule has 0 aliphatic heterocycles. The first-order valence-corrected chi connectivity index (χ1v) is 6.14. The second-order valence-electron chi connectivity index (χ2n) is 3.89. The highest BCUT2D eigenvalue weighted by Gasteiger charge is 2.01. The SMILES string of the molecule is Cc1ccc(CNCc2cc(F)cc(Br)c2)o1. The second-order valence-corrected chi connectivity index (χ2v) is 4.81. The Kier molecular flexibility index (Phi) is 3.97. The number of halogens is 2. The summed E-state index contributed by atoms with van der Waals surface area (Å²) in [7, 11) is 0. The molecule has 0 atom stereocenters. The van der Waals surface area contributed by atoms with E-state index in [9.17, 15) is 4.39 Å². The van der Waals surface area contributed by atoms with Gasteiger partial charge in [0.1, 0.15) is 17.3 Å². The molecule has 90 valence electrons. The van der Waals surface area contributed by atoms with E-state index in [1.807, 2.05) is 25.1 Å². The van der Waals surface area contributed by atoms with Crippen LogP contribution in [-0.4, -0.2) is 0 Å². The number of hydrogen-bond donors (Lipinski definition) is 1. The van der Waals surface area contributed by atoms with E-state index in [0.717, 1.165) is 21.6 Å². The van der Waals surface area contributed by atoms with Crippen molar-refractivity contribution in [2.24, 2.45) is 0 Å². The summed E-state index contributed by atoms with van der Waals surface area (Å²) in [6, 6.07) is 8.72. The van der Waals surface area contributed by atoms with Crippen LogP contribution in [0.4, 0.5) is 4.39 Å². The van der Waals surface area contributed by atoms with Gasteiger partial charge in [0.25, 0.3) is 0 Å². The molecule has 2 aromatic rings. The topological polar surface area (TPSA) is 25.2 Å². The molecule has 0 radical (unpaired) electrons. The van der Waals surface area contributed by atoms with E-state index in [0.29, 0.717) is 13.1 Å². The van der Waals surface area contributed by atoms with Gasteiger partial charge >= 0.3 is 0 Å². The fourth-order valence-corrected chi connectivity index (χ4v) is 2.14. The lowest BCUT2D eigenvalue weighted by Crippen LogP contribution is -2.12. The monoisotopic (exact) mass is 297 g/mol. The molecule has 0 aliphatic carbocycles. The maximum Gasteiger partial charge on any atom is 0.124 e. The molecular formula is C13H13BrFNO. The normalized spacial score (nSPS) is 10.8. The van der Waals surface area contributed by atoms with Crippen molar-refractivity contribution in [3.63, 3.8) is 0 Å². The molecule has 1 heterocycles. The average molecular weight is 298 g/mol. The molecule has 0 aliphatic rings. The van der Waals surface area contributed by atoms with E-state index in [-0.39, 0.29) is 5.82 Å². The molecule has 0 unspecified atom stereocenters. The van der Waals surface area contributed by atoms with Gasteiger partial charge in [-0.1, -0.05) is 15.9 Å². The predicted molar refractivity (Wildman–Crippen MR) is 68.1 cm³/mol. The van der Waals surface area contributed by atoms with Crippen molar-refractivity contribution in [3.8, 4) is 0 Å². The van der Waals surface area contributed by atoms with Crippen LogP contribution in [0.5, 0.6) is 0 Å². The average Bonchev–Trinajstić information content (AvgIpc) is 2.63. The molecule has 1 aromatic heterocycles. The van der Waals surface area contributed by atoms with Gasteiger partial charge in [-0.05, 0) is 42.8 Å². The van der Waals surface area contributed by atoms with Crippen LogP contribution >= 0.6 is 15.9 Å². The van der Waals surface area contributed by atoms with Gasteiger partial charge in [-0.2, -0.15) is 0 Å². The van der Waals surface area contributed by atoms with Gasteiger partial charge in [0.05, 0.1) is 6.54 Å². The molecule has 1 N–H and O–H groups in total. The van der Waals surface area contributed by atoms with Crippen LogP contribution < -0.4 is 5.32 Å². The van der Waals surface area contributed by atoms with E-state index < -0.39 is 0 Å². The Morgan fingerprint density at radius 3 is 2.71 bits per heavy atom. The smallest absolute Gasteiger partial charge is 0.124 e. The van der Waals surface area contributed by atoms with Crippen molar-refractivity contribution in [1.82, 2.24) is 5.32 Å². The van der Waals surface area contributed by atoms with Crippen LogP contribution in [0.1, 0.15) is 17.1 Å². The van der Waals surface area contributed by atoms with Crippen molar-refractivity contribution in [2.45, 2.75) is 20.0 Å². The lowest BCUT2D eigenvalue weighted by Gasteiger charge is -2.04. The quantitative estimate of drug-likeness (QED) is 0.929. The molecule has 0 amide bonds. The van der Waals surface area contributed by atoms with E-state index in [1.54, 1.807) is 0 Å². The van der Waals surface area contributed by atoms with Crippen LogP contribution in [0.25, 0.3) is 0 Å². The zero-order chi connectivity index (χ0) is 12.3. The first-order valence-electron chi connectivity index (χ1n) is 5.34. The Labute approximate surface area is 108 Å². The summed E-state index contributed by atoms with van der Waals surface area (Å²) in [5.41, 5.74) is 0.903. The third-order valence-corrected chi connectivity index (χ3v) is 2.80. The van der Waals surface area contributed by atoms with Gasteiger partial charge in [-0.25, -0.2) is 4.39 Å². The van der Waals surface area contributed by atoms with Crippen LogP contribution in [0, 0.1) is 12.7 Å². The predicted octanol–water partition coefficient (Wildman–Crippen LogP) is 3.78. The van der Waals surface area contributed by atoms with Gasteiger partial charge in [0.2, 0.25) is 0 Å². The minimum absolute atomic E-state index is 0.231. The highest BCUT2D eigenvalue weighted by Crippen LogP contribution is 2.15. The largest absolute Gasteiger partial charge is 0.465 e. The van der Waals surface area contributed by atoms with Crippen LogP contribution in [0.15, 0.2) is 39.2 Å². The van der Waals surface area contributed by atoms with Crippen LogP contribution in [-0.2, 0) is 13.1 Å². The highest BCUT2D eigenvalue weighted by atomic mass is 79.9. The zero-order valence-corrected chi connectivity index (χ0v) is 11.1. The number of benzene rings is 1. The Morgan fingerprint density at radius 1 is 1.24 bits per heavy atom. The van der Waals surface area contributed by atoms with Crippen molar-refractivity contribution in [3.05, 3.63) is 57.7 Å². The van der Waals surface area contributed by atoms with E-state index >= 15 is 0 Å². The molecule has 1 aromatic carbocycles. The molecule has 2 rings (SSSR count). The minimum atomic E-state index is -0.231. The van der Waals surface area contributed by atoms with Crippen molar-refractivity contribution in [1.29, 1.82) is 0 Å². The third kappa shape index (κ3) is 3.68. The standard InChI is InChI=1S/C13H13BrFNO/c1-9-2-3-13(17-9)8-16-7-10-4-11(14)6-12(15)5-10/h2-6,16H,7-8H2,1H3. The number of furan rings is 1. The maximum absolute atomic E-state index is 13.1. The Balaban J connectivity index is 1.89. The maximum atomic E-state index is 13.1. The van der Waals surface area contributed by atoms with Crippen molar-refractivity contribution < 1.29 is 8.81 Å². The van der Waals surface area contributed by atoms with Gasteiger partial charge in [-0.3, -0.25) is 0 Å². The van der Waals surface area contributed by atoms with Crippen LogP contribution in [0.2, 0.25) is 0 Å². The molecule has 17 heavy (non-hydrogen) atoms. The molecule has 0 fully saturated rings. The van der Waals surface area contributed by atoms with Crippen LogP contribution in [0.3, 0.4) is 0 Å². The van der Waals surface area contributed by atoms with Gasteiger partial charge in [-0.15, -0.1) is 0 Å². The highest BCUT2D eigenvalue weighted by molar-refractivity contribution is 9.10. The summed E-state index contributed by atoms with van der Waals surface area (Å²) in [6.07, 6.45) is 0. The van der Waals surface area contributed by atoms with Gasteiger partial charge < -0.3 is 9.73 Å². The molecular weight excluding hydrogens is 285 g/mol. The lowest BCUT2D eigenvalue weighted by molar-refractivity contribution is 0.461. The van der Waals surface area contributed by atoms with E-state index in [2.05, 4.69) is 21.2 Å². The summed E-state index contributed by atoms with van der Waals surface area (Å²) in [5, 5.41) is 3.20. The van der Waals surface area contributed by atoms with Gasteiger partial charge in [0.15, 0.2) is 0 Å². The second kappa shape index (κ2) is 5.47. The summed E-state index contributed by atoms with van der Waals surface area (Å²) in [5.74, 6) is 1.55. The zero-order valence-electron chi connectivity index (χ0n) is 9.47. The summed E-state index contributed by atoms with van der Waals surface area (Å²) in [6.45, 7) is 3.16. The molecule has 0 saturated heterocycles. The lowest BCUT2D eigenvalue weighted by atomic mass is 10.2. The van der Waals surface area contributed by atoms with E-state index in [1.165, 1.54) is 12.1 Å². The Morgan fingerprint density at radius 2 is 2.06 bits per heavy atom. The fourth-order valence-electron chi connectivity index (χ4n) is 1.62. The summed E-state index contributed by atoms with van der Waals surface area (Å²) >= 11 is 3.27. The molecule has 4 heteroatoms. The molecule has 2 nitrogen and oxygen atoms in total. The minimum Gasteiger partial charge on any atom is -0.465 e. The first-order chi connectivity index (χ1) is 8.13. The summed E-state index contributed by atoms with van der Waals surface area (Å²) in [4.78, 5) is 0.